The highest BCUT2D eigenvalue weighted by Gasteiger charge is 2.29. The lowest BCUT2D eigenvalue weighted by Crippen LogP contribution is -2.39. The molecule has 0 aromatic carbocycles. The van der Waals surface area contributed by atoms with Crippen LogP contribution < -0.4 is 10.2 Å². The van der Waals surface area contributed by atoms with Crippen LogP contribution in [0.1, 0.15) is 38.7 Å². The van der Waals surface area contributed by atoms with E-state index in [4.69, 9.17) is 4.74 Å². The number of hydrogen-bond acceptors (Lipinski definition) is 4. The van der Waals surface area contributed by atoms with E-state index in [2.05, 4.69) is 35.1 Å². The average Bonchev–Trinajstić information content (AvgIpc) is 2.53. The lowest BCUT2D eigenvalue weighted by atomic mass is 9.78. The number of anilines is 1. The van der Waals surface area contributed by atoms with Crippen molar-refractivity contribution in [1.82, 2.24) is 10.3 Å². The van der Waals surface area contributed by atoms with E-state index in [1.165, 1.54) is 24.8 Å². The Labute approximate surface area is 128 Å². The van der Waals surface area contributed by atoms with Gasteiger partial charge in [0.2, 0.25) is 0 Å². The molecule has 0 amide bonds. The van der Waals surface area contributed by atoms with Crippen LogP contribution >= 0.6 is 0 Å². The van der Waals surface area contributed by atoms with Gasteiger partial charge in [-0.2, -0.15) is 0 Å². The molecule has 1 aliphatic heterocycles. The number of pyridine rings is 1. The van der Waals surface area contributed by atoms with Gasteiger partial charge in [-0.1, -0.05) is 26.3 Å². The summed E-state index contributed by atoms with van der Waals surface area (Å²) in [6.07, 6.45) is 5.70. The molecule has 1 saturated heterocycles. The summed E-state index contributed by atoms with van der Waals surface area (Å²) in [7, 11) is 1.73. The van der Waals surface area contributed by atoms with Crippen LogP contribution in [0.15, 0.2) is 18.3 Å². The average molecular weight is 291 g/mol. The van der Waals surface area contributed by atoms with E-state index in [9.17, 15) is 0 Å². The monoisotopic (exact) mass is 291 g/mol. The SMILES string of the molecule is CCC1(C)CCN(c2ncccc2CNCCOC)CC1. The number of methoxy groups -OCH3 is 1. The number of nitrogens with zero attached hydrogens (tertiary/aromatic N) is 2. The summed E-state index contributed by atoms with van der Waals surface area (Å²) in [5.74, 6) is 1.15. The van der Waals surface area contributed by atoms with Gasteiger partial charge < -0.3 is 15.0 Å². The first kappa shape index (κ1) is 16.2. The van der Waals surface area contributed by atoms with E-state index >= 15 is 0 Å². The Morgan fingerprint density at radius 2 is 2.14 bits per heavy atom. The number of piperidine rings is 1. The fourth-order valence-electron chi connectivity index (χ4n) is 2.86. The van der Waals surface area contributed by atoms with Crippen LogP contribution in [0.25, 0.3) is 0 Å². The third-order valence-corrected chi connectivity index (χ3v) is 4.79. The minimum atomic E-state index is 0.516. The van der Waals surface area contributed by atoms with E-state index in [0.717, 1.165) is 38.6 Å². The normalized spacial score (nSPS) is 18.0. The Balaban J connectivity index is 1.97. The number of nitrogens with one attached hydrogen (secondary N) is 1. The molecule has 4 heteroatoms. The third-order valence-electron chi connectivity index (χ3n) is 4.79. The van der Waals surface area contributed by atoms with Gasteiger partial charge in [0.15, 0.2) is 0 Å². The van der Waals surface area contributed by atoms with Gasteiger partial charge in [-0.15, -0.1) is 0 Å². The molecule has 1 fully saturated rings. The molecule has 0 atom stereocenters. The second kappa shape index (κ2) is 7.76. The van der Waals surface area contributed by atoms with Crippen molar-refractivity contribution in [2.75, 3.05) is 38.3 Å². The first-order valence-corrected chi connectivity index (χ1v) is 8.07. The molecule has 1 aromatic rings. The molecule has 0 unspecified atom stereocenters. The van der Waals surface area contributed by atoms with Crippen LogP contribution in [0, 0.1) is 5.41 Å². The first-order valence-electron chi connectivity index (χ1n) is 8.07. The maximum atomic E-state index is 5.07. The molecule has 21 heavy (non-hydrogen) atoms. The largest absolute Gasteiger partial charge is 0.383 e. The lowest BCUT2D eigenvalue weighted by molar-refractivity contribution is 0.199. The second-order valence-corrected chi connectivity index (χ2v) is 6.31. The van der Waals surface area contributed by atoms with Crippen LogP contribution in [-0.4, -0.2) is 38.3 Å². The summed E-state index contributed by atoms with van der Waals surface area (Å²) in [4.78, 5) is 7.08. The topological polar surface area (TPSA) is 37.4 Å². The minimum absolute atomic E-state index is 0.516. The van der Waals surface area contributed by atoms with Crippen molar-refractivity contribution in [3.8, 4) is 0 Å². The quantitative estimate of drug-likeness (QED) is 0.784. The van der Waals surface area contributed by atoms with Crippen LogP contribution in [0.2, 0.25) is 0 Å². The molecule has 1 aliphatic rings. The van der Waals surface area contributed by atoms with Gasteiger partial charge in [-0.3, -0.25) is 0 Å². The number of ether oxygens (including phenoxy) is 1. The zero-order valence-corrected chi connectivity index (χ0v) is 13.7. The van der Waals surface area contributed by atoms with E-state index in [1.807, 2.05) is 12.3 Å². The summed E-state index contributed by atoms with van der Waals surface area (Å²) in [5.41, 5.74) is 1.80. The molecular weight excluding hydrogens is 262 g/mol. The number of rotatable bonds is 7. The van der Waals surface area contributed by atoms with Gasteiger partial charge in [-0.25, -0.2) is 4.98 Å². The Hall–Kier alpha value is -1.13. The molecule has 0 saturated carbocycles. The van der Waals surface area contributed by atoms with Gasteiger partial charge in [-0.05, 0) is 24.3 Å². The Morgan fingerprint density at radius 3 is 2.81 bits per heavy atom. The van der Waals surface area contributed by atoms with Gasteiger partial charge in [0, 0.05) is 45.0 Å². The molecule has 0 spiro atoms. The van der Waals surface area contributed by atoms with E-state index in [-0.39, 0.29) is 0 Å². The van der Waals surface area contributed by atoms with Crippen molar-refractivity contribution in [1.29, 1.82) is 0 Å². The van der Waals surface area contributed by atoms with Crippen LogP contribution in [0.4, 0.5) is 5.82 Å². The van der Waals surface area contributed by atoms with E-state index < -0.39 is 0 Å². The maximum absolute atomic E-state index is 5.07. The summed E-state index contributed by atoms with van der Waals surface area (Å²) >= 11 is 0. The highest BCUT2D eigenvalue weighted by atomic mass is 16.5. The molecule has 2 heterocycles. The summed E-state index contributed by atoms with van der Waals surface area (Å²) < 4.78 is 5.07. The Bertz CT molecular complexity index is 428. The molecule has 4 nitrogen and oxygen atoms in total. The Morgan fingerprint density at radius 1 is 1.38 bits per heavy atom. The van der Waals surface area contributed by atoms with Crippen molar-refractivity contribution in [2.45, 2.75) is 39.7 Å². The molecule has 0 bridgehead atoms. The molecule has 1 aromatic heterocycles. The van der Waals surface area contributed by atoms with Crippen molar-refractivity contribution in [3.63, 3.8) is 0 Å². The zero-order chi connectivity index (χ0) is 15.1. The highest BCUT2D eigenvalue weighted by Crippen LogP contribution is 2.35. The molecule has 1 N–H and O–H groups in total. The Kier molecular flexibility index (Phi) is 6.00. The van der Waals surface area contributed by atoms with E-state index in [0.29, 0.717) is 5.41 Å². The fraction of sp³-hybridized carbons (Fsp3) is 0.706. The maximum Gasteiger partial charge on any atom is 0.133 e. The molecule has 0 aliphatic carbocycles. The smallest absolute Gasteiger partial charge is 0.133 e. The van der Waals surface area contributed by atoms with Crippen molar-refractivity contribution < 1.29 is 4.74 Å². The van der Waals surface area contributed by atoms with Gasteiger partial charge in [0.05, 0.1) is 6.61 Å². The van der Waals surface area contributed by atoms with Crippen LogP contribution in [0.5, 0.6) is 0 Å². The summed E-state index contributed by atoms with van der Waals surface area (Å²) in [5, 5.41) is 3.42. The molecular formula is C17H29N3O. The number of hydrogen-bond donors (Lipinski definition) is 1. The van der Waals surface area contributed by atoms with Crippen molar-refractivity contribution in [2.24, 2.45) is 5.41 Å². The summed E-state index contributed by atoms with van der Waals surface area (Å²) in [6, 6.07) is 4.20. The van der Waals surface area contributed by atoms with Crippen molar-refractivity contribution >= 4 is 5.82 Å². The standard InChI is InChI=1S/C17H29N3O/c1-4-17(2)7-11-20(12-8-17)16-15(6-5-9-19-16)14-18-10-13-21-3/h5-6,9,18H,4,7-8,10-14H2,1-3H3. The fourth-order valence-corrected chi connectivity index (χ4v) is 2.86. The second-order valence-electron chi connectivity index (χ2n) is 6.31. The first-order chi connectivity index (χ1) is 10.2. The lowest BCUT2D eigenvalue weighted by Gasteiger charge is -2.40. The molecule has 0 radical (unpaired) electrons. The van der Waals surface area contributed by atoms with E-state index in [1.54, 1.807) is 7.11 Å². The predicted octanol–water partition coefficient (Wildman–Crippen LogP) is 2.83. The molecule has 2 rings (SSSR count). The number of aromatic nitrogens is 1. The molecule has 118 valence electrons. The zero-order valence-electron chi connectivity index (χ0n) is 13.7. The highest BCUT2D eigenvalue weighted by molar-refractivity contribution is 5.47. The van der Waals surface area contributed by atoms with Gasteiger partial charge in [0.1, 0.15) is 5.82 Å². The minimum Gasteiger partial charge on any atom is -0.383 e. The van der Waals surface area contributed by atoms with Gasteiger partial charge in [0.25, 0.3) is 0 Å². The van der Waals surface area contributed by atoms with Crippen LogP contribution in [-0.2, 0) is 11.3 Å². The summed E-state index contributed by atoms with van der Waals surface area (Å²) in [6.45, 7) is 9.43. The van der Waals surface area contributed by atoms with Gasteiger partial charge >= 0.3 is 0 Å². The van der Waals surface area contributed by atoms with Crippen LogP contribution in [0.3, 0.4) is 0 Å². The predicted molar refractivity (Wildman–Crippen MR) is 87.7 cm³/mol. The third kappa shape index (κ3) is 4.42. The van der Waals surface area contributed by atoms with Crippen molar-refractivity contribution in [3.05, 3.63) is 23.9 Å².